The predicted molar refractivity (Wildman–Crippen MR) is 93.7 cm³/mol. The minimum absolute atomic E-state index is 0.0458. The van der Waals surface area contributed by atoms with Gasteiger partial charge in [0.2, 0.25) is 5.82 Å². The van der Waals surface area contributed by atoms with Crippen LogP contribution < -0.4 is 10.6 Å². The highest BCUT2D eigenvalue weighted by molar-refractivity contribution is 6.31. The number of aromatic nitrogens is 4. The number of tetrazole rings is 1. The van der Waals surface area contributed by atoms with Crippen molar-refractivity contribution in [2.45, 2.75) is 12.4 Å². The van der Waals surface area contributed by atoms with Gasteiger partial charge in [-0.2, -0.15) is 31.6 Å². The molecular weight excluding hydrogens is 442 g/mol. The number of hydrogen-bond donors (Lipinski definition) is 3. The van der Waals surface area contributed by atoms with Gasteiger partial charge >= 0.3 is 18.4 Å². The minimum Gasteiger partial charge on any atom is -0.308 e. The van der Waals surface area contributed by atoms with Crippen LogP contribution in [0.15, 0.2) is 36.4 Å². The fourth-order valence-corrected chi connectivity index (χ4v) is 2.57. The Morgan fingerprint density at radius 3 is 2.10 bits per heavy atom. The van der Waals surface area contributed by atoms with Crippen molar-refractivity contribution < 1.29 is 31.1 Å². The zero-order valence-electron chi connectivity index (χ0n) is 14.4. The summed E-state index contributed by atoms with van der Waals surface area (Å²) < 4.78 is 77.7. The van der Waals surface area contributed by atoms with Crippen LogP contribution in [0.3, 0.4) is 0 Å². The van der Waals surface area contributed by atoms with Crippen LogP contribution in [0.5, 0.6) is 0 Å². The van der Waals surface area contributed by atoms with Crippen molar-refractivity contribution >= 4 is 29.0 Å². The van der Waals surface area contributed by atoms with Crippen LogP contribution in [0.25, 0.3) is 11.4 Å². The Bertz CT molecular complexity index is 1030. The fraction of sp³-hybridized carbons (Fsp3) is 0.125. The molecule has 0 unspecified atom stereocenters. The van der Waals surface area contributed by atoms with Gasteiger partial charge in [-0.25, -0.2) is 4.79 Å². The number of halogens is 7. The molecule has 2 amide bonds. The van der Waals surface area contributed by atoms with Crippen molar-refractivity contribution in [3.63, 3.8) is 0 Å². The van der Waals surface area contributed by atoms with E-state index in [2.05, 4.69) is 25.9 Å². The summed E-state index contributed by atoms with van der Waals surface area (Å²) in [7, 11) is 0. The number of nitrogens with zero attached hydrogens (tertiary/aromatic N) is 3. The zero-order valence-corrected chi connectivity index (χ0v) is 15.1. The quantitative estimate of drug-likeness (QED) is 0.478. The number of carbonyl (C=O) groups excluding carboxylic acids is 1. The molecule has 2 aromatic carbocycles. The van der Waals surface area contributed by atoms with E-state index in [1.165, 1.54) is 18.2 Å². The maximum absolute atomic E-state index is 12.9. The van der Waals surface area contributed by atoms with Crippen molar-refractivity contribution in [3.8, 4) is 11.4 Å². The maximum Gasteiger partial charge on any atom is 0.416 e. The molecule has 1 heterocycles. The van der Waals surface area contributed by atoms with Crippen molar-refractivity contribution in [2.75, 3.05) is 10.6 Å². The van der Waals surface area contributed by atoms with Gasteiger partial charge in [-0.1, -0.05) is 11.6 Å². The summed E-state index contributed by atoms with van der Waals surface area (Å²) >= 11 is 5.88. The first-order chi connectivity index (χ1) is 13.9. The molecule has 0 aliphatic carbocycles. The average molecular weight is 451 g/mol. The molecule has 0 spiro atoms. The van der Waals surface area contributed by atoms with Gasteiger partial charge in [-0.05, 0) is 41.6 Å². The number of carbonyl (C=O) groups is 1. The molecule has 14 heteroatoms. The highest BCUT2D eigenvalue weighted by atomic mass is 35.5. The maximum atomic E-state index is 12.9. The smallest absolute Gasteiger partial charge is 0.308 e. The Labute approximate surface area is 168 Å². The molecule has 0 aliphatic rings. The molecule has 0 bridgehead atoms. The molecule has 3 N–H and O–H groups in total. The zero-order chi connectivity index (χ0) is 22.1. The molecule has 0 aliphatic heterocycles. The number of alkyl halides is 6. The Balaban J connectivity index is 1.90. The lowest BCUT2D eigenvalue weighted by molar-refractivity contribution is -0.143. The lowest BCUT2D eigenvalue weighted by Crippen LogP contribution is -2.21. The summed E-state index contributed by atoms with van der Waals surface area (Å²) in [6.45, 7) is 0. The van der Waals surface area contributed by atoms with E-state index >= 15 is 0 Å². The number of hydrogen-bond acceptors (Lipinski definition) is 4. The van der Waals surface area contributed by atoms with Crippen LogP contribution >= 0.6 is 11.6 Å². The first-order valence-electron chi connectivity index (χ1n) is 7.84. The Hall–Kier alpha value is -3.35. The second-order valence-electron chi connectivity index (χ2n) is 5.80. The molecule has 158 valence electrons. The van der Waals surface area contributed by atoms with Gasteiger partial charge in [0.05, 0.1) is 16.8 Å². The number of nitrogens with one attached hydrogen (secondary N) is 3. The van der Waals surface area contributed by atoms with E-state index < -0.39 is 35.2 Å². The molecule has 0 saturated carbocycles. The predicted octanol–water partition coefficient (Wildman–Crippen LogP) is 5.20. The third-order valence-corrected chi connectivity index (χ3v) is 3.90. The van der Waals surface area contributed by atoms with Gasteiger partial charge in [-0.3, -0.25) is 0 Å². The molecular formula is C16H9ClF6N6O. The van der Waals surface area contributed by atoms with Crippen LogP contribution in [-0.2, 0) is 12.4 Å². The number of benzene rings is 2. The summed E-state index contributed by atoms with van der Waals surface area (Å²) in [6.07, 6.45) is -10.1. The molecule has 0 fully saturated rings. The van der Waals surface area contributed by atoms with Crippen LogP contribution in [0.4, 0.5) is 42.5 Å². The minimum atomic E-state index is -5.05. The van der Waals surface area contributed by atoms with Crippen LogP contribution in [0, 0.1) is 0 Å². The van der Waals surface area contributed by atoms with Crippen molar-refractivity contribution in [3.05, 3.63) is 52.5 Å². The van der Waals surface area contributed by atoms with Crippen molar-refractivity contribution in [2.24, 2.45) is 0 Å². The molecule has 0 saturated heterocycles. The van der Waals surface area contributed by atoms with Crippen molar-refractivity contribution in [1.29, 1.82) is 0 Å². The van der Waals surface area contributed by atoms with Gasteiger partial charge < -0.3 is 10.6 Å². The van der Waals surface area contributed by atoms with E-state index in [4.69, 9.17) is 11.6 Å². The Kier molecular flexibility index (Phi) is 5.57. The molecule has 0 atom stereocenters. The monoisotopic (exact) mass is 450 g/mol. The molecule has 0 radical (unpaired) electrons. The van der Waals surface area contributed by atoms with E-state index in [-0.39, 0.29) is 28.2 Å². The van der Waals surface area contributed by atoms with E-state index in [1.807, 2.05) is 5.32 Å². The normalized spacial score (nSPS) is 12.0. The Morgan fingerprint density at radius 1 is 0.933 bits per heavy atom. The average Bonchev–Trinajstić information content (AvgIpc) is 3.14. The van der Waals surface area contributed by atoms with Crippen LogP contribution in [0.1, 0.15) is 11.1 Å². The van der Waals surface area contributed by atoms with Crippen LogP contribution in [0.2, 0.25) is 5.02 Å². The summed E-state index contributed by atoms with van der Waals surface area (Å²) in [5.74, 6) is 0.0698. The van der Waals surface area contributed by atoms with E-state index in [0.29, 0.717) is 12.1 Å². The van der Waals surface area contributed by atoms with Gasteiger partial charge in [0.1, 0.15) is 0 Å². The van der Waals surface area contributed by atoms with E-state index in [9.17, 15) is 31.1 Å². The lowest BCUT2D eigenvalue weighted by atomic mass is 10.1. The Morgan fingerprint density at radius 2 is 1.57 bits per heavy atom. The first-order valence-corrected chi connectivity index (χ1v) is 8.22. The van der Waals surface area contributed by atoms with E-state index in [0.717, 1.165) is 0 Å². The number of rotatable bonds is 3. The molecule has 7 nitrogen and oxygen atoms in total. The third-order valence-electron chi connectivity index (χ3n) is 3.66. The summed E-state index contributed by atoms with van der Waals surface area (Å²) in [5, 5.41) is 17.5. The molecule has 1 aromatic heterocycles. The summed E-state index contributed by atoms with van der Waals surface area (Å²) in [5.41, 5.74) is -3.55. The summed E-state index contributed by atoms with van der Waals surface area (Å²) in [6, 6.07) is 3.79. The molecule has 30 heavy (non-hydrogen) atoms. The molecule has 3 aromatic rings. The lowest BCUT2D eigenvalue weighted by Gasteiger charge is -2.15. The van der Waals surface area contributed by atoms with Gasteiger partial charge in [0, 0.05) is 16.3 Å². The topological polar surface area (TPSA) is 95.6 Å². The number of aromatic amines is 1. The van der Waals surface area contributed by atoms with Crippen LogP contribution in [-0.4, -0.2) is 26.7 Å². The standard InChI is InChI=1S/C16H9ClF6N6O/c17-9-1-2-11(13-26-28-29-27-13)12(6-9)25-14(30)24-10-4-7(15(18,19)20)3-8(5-10)16(21,22)23/h1-6H,(H2,24,25,30)(H,26,27,28,29). The number of H-pyrrole nitrogens is 1. The summed E-state index contributed by atoms with van der Waals surface area (Å²) in [4.78, 5) is 12.2. The number of urea groups is 1. The van der Waals surface area contributed by atoms with Gasteiger partial charge in [-0.15, -0.1) is 10.2 Å². The van der Waals surface area contributed by atoms with Gasteiger partial charge in [0.15, 0.2) is 0 Å². The second kappa shape index (κ2) is 7.82. The molecule has 3 rings (SSSR count). The SMILES string of the molecule is O=C(Nc1cc(C(F)(F)F)cc(C(F)(F)F)c1)Nc1cc(Cl)ccc1-c1nn[nH]n1. The number of amides is 2. The van der Waals surface area contributed by atoms with Gasteiger partial charge in [0.25, 0.3) is 0 Å². The third kappa shape index (κ3) is 4.97. The second-order valence-corrected chi connectivity index (χ2v) is 6.24. The fourth-order valence-electron chi connectivity index (χ4n) is 2.40. The number of anilines is 2. The van der Waals surface area contributed by atoms with E-state index in [1.54, 1.807) is 0 Å². The largest absolute Gasteiger partial charge is 0.416 e. The highest BCUT2D eigenvalue weighted by Gasteiger charge is 2.37. The van der Waals surface area contributed by atoms with Crippen molar-refractivity contribution in [1.82, 2.24) is 20.6 Å². The first kappa shape index (κ1) is 21.4. The highest BCUT2D eigenvalue weighted by Crippen LogP contribution is 2.37.